The minimum Gasteiger partial charge on any atom is -0.314 e. The molecule has 1 saturated heterocycles. The number of hydrogen-bond acceptors (Lipinski definition) is 3. The van der Waals surface area contributed by atoms with Crippen molar-refractivity contribution in [1.29, 1.82) is 0 Å². The van der Waals surface area contributed by atoms with Crippen LogP contribution in [0.25, 0.3) is 0 Å². The van der Waals surface area contributed by atoms with Crippen molar-refractivity contribution in [2.75, 3.05) is 25.9 Å². The van der Waals surface area contributed by atoms with Crippen molar-refractivity contribution in [3.63, 3.8) is 0 Å². The summed E-state index contributed by atoms with van der Waals surface area (Å²) in [6.07, 6.45) is 6.17. The molecule has 1 N–H and O–H groups in total. The molecule has 0 aromatic rings. The fourth-order valence-corrected chi connectivity index (χ4v) is 4.25. The van der Waals surface area contributed by atoms with Gasteiger partial charge in [0.1, 0.15) is 0 Å². The van der Waals surface area contributed by atoms with Crippen molar-refractivity contribution in [2.24, 2.45) is 17.8 Å². The van der Waals surface area contributed by atoms with Gasteiger partial charge in [0.05, 0.1) is 6.26 Å². The molecule has 0 bridgehead atoms. The molecule has 0 amide bonds. The van der Waals surface area contributed by atoms with E-state index in [0.717, 1.165) is 24.8 Å². The average molecular weight is 288 g/mol. The first-order valence-corrected chi connectivity index (χ1v) is 9.39. The fraction of sp³-hybridized carbons (Fsp3) is 1.00. The van der Waals surface area contributed by atoms with E-state index >= 15 is 0 Å². The topological polar surface area (TPSA) is 49.4 Å². The molecule has 0 radical (unpaired) electrons. The summed E-state index contributed by atoms with van der Waals surface area (Å²) in [6.45, 7) is 7.06. The van der Waals surface area contributed by atoms with Gasteiger partial charge in [0.15, 0.2) is 0 Å². The smallest absolute Gasteiger partial charge is 0.211 e. The van der Waals surface area contributed by atoms with E-state index in [4.69, 9.17) is 0 Å². The lowest BCUT2D eigenvalue weighted by Gasteiger charge is -2.33. The minimum atomic E-state index is -2.99. The number of nitrogens with zero attached hydrogens (tertiary/aromatic N) is 1. The summed E-state index contributed by atoms with van der Waals surface area (Å²) < 4.78 is 24.6. The normalized spacial score (nSPS) is 37.6. The van der Waals surface area contributed by atoms with Gasteiger partial charge in [0.25, 0.3) is 0 Å². The molecule has 1 heterocycles. The number of nitrogens with one attached hydrogen (secondary N) is 1. The van der Waals surface area contributed by atoms with Crippen LogP contribution in [0, 0.1) is 17.8 Å². The highest BCUT2D eigenvalue weighted by Gasteiger charge is 2.30. The standard InChI is InChI=1S/C14H28N2O2S/c1-11-4-5-14(8-12(11)2)15-9-13-6-7-16(10-13)19(3,17)18/h11-15H,4-10H2,1-3H3/t11-,12+,13-,14+/m1/s1. The highest BCUT2D eigenvalue weighted by Crippen LogP contribution is 2.29. The van der Waals surface area contributed by atoms with E-state index in [2.05, 4.69) is 19.2 Å². The molecular formula is C14H28N2O2S. The van der Waals surface area contributed by atoms with Crippen LogP contribution in [-0.4, -0.2) is 44.7 Å². The van der Waals surface area contributed by atoms with Crippen molar-refractivity contribution in [1.82, 2.24) is 9.62 Å². The second kappa shape index (κ2) is 6.10. The van der Waals surface area contributed by atoms with Crippen LogP contribution < -0.4 is 5.32 Å². The first-order valence-electron chi connectivity index (χ1n) is 7.54. The maximum Gasteiger partial charge on any atom is 0.211 e. The summed E-state index contributed by atoms with van der Waals surface area (Å²) in [5, 5.41) is 3.67. The Hall–Kier alpha value is -0.130. The van der Waals surface area contributed by atoms with E-state index in [9.17, 15) is 8.42 Å². The summed E-state index contributed by atoms with van der Waals surface area (Å²) in [5.41, 5.74) is 0. The van der Waals surface area contributed by atoms with E-state index in [1.807, 2.05) is 0 Å². The van der Waals surface area contributed by atoms with Crippen molar-refractivity contribution in [3.8, 4) is 0 Å². The predicted molar refractivity (Wildman–Crippen MR) is 78.5 cm³/mol. The minimum absolute atomic E-state index is 0.490. The zero-order valence-corrected chi connectivity index (χ0v) is 13.2. The van der Waals surface area contributed by atoms with Gasteiger partial charge in [0.2, 0.25) is 10.0 Å². The lowest BCUT2D eigenvalue weighted by Crippen LogP contribution is -2.39. The van der Waals surface area contributed by atoms with Gasteiger partial charge in [-0.2, -0.15) is 0 Å². The Kier molecular flexibility index (Phi) is 4.90. The van der Waals surface area contributed by atoms with E-state index < -0.39 is 10.0 Å². The van der Waals surface area contributed by atoms with Gasteiger partial charge in [0, 0.05) is 19.1 Å². The third kappa shape index (κ3) is 4.17. The summed E-state index contributed by atoms with van der Waals surface area (Å²) >= 11 is 0. The van der Waals surface area contributed by atoms with Gasteiger partial charge in [-0.3, -0.25) is 0 Å². The lowest BCUT2D eigenvalue weighted by molar-refractivity contribution is 0.221. The Morgan fingerprint density at radius 3 is 2.47 bits per heavy atom. The third-order valence-corrected chi connectivity index (χ3v) is 6.28. The van der Waals surface area contributed by atoms with E-state index in [1.165, 1.54) is 25.5 Å². The quantitative estimate of drug-likeness (QED) is 0.856. The van der Waals surface area contributed by atoms with Crippen LogP contribution in [0.15, 0.2) is 0 Å². The zero-order chi connectivity index (χ0) is 14.0. The molecule has 1 aliphatic heterocycles. The molecule has 4 nitrogen and oxygen atoms in total. The maximum absolute atomic E-state index is 11.5. The summed E-state index contributed by atoms with van der Waals surface area (Å²) in [7, 11) is -2.99. The maximum atomic E-state index is 11.5. The molecule has 1 aliphatic carbocycles. The Morgan fingerprint density at radius 2 is 1.89 bits per heavy atom. The highest BCUT2D eigenvalue weighted by molar-refractivity contribution is 7.88. The van der Waals surface area contributed by atoms with Crippen LogP contribution in [0.5, 0.6) is 0 Å². The number of hydrogen-bond donors (Lipinski definition) is 1. The highest BCUT2D eigenvalue weighted by atomic mass is 32.2. The van der Waals surface area contributed by atoms with E-state index in [-0.39, 0.29) is 0 Å². The van der Waals surface area contributed by atoms with Crippen LogP contribution in [0.3, 0.4) is 0 Å². The van der Waals surface area contributed by atoms with Crippen LogP contribution >= 0.6 is 0 Å². The first-order chi connectivity index (χ1) is 8.86. The average Bonchev–Trinajstić information content (AvgIpc) is 2.79. The SMILES string of the molecule is C[C@@H]1CC[C@H](NC[C@H]2CCN(S(C)(=O)=O)C2)C[C@@H]1C. The van der Waals surface area contributed by atoms with Gasteiger partial charge < -0.3 is 5.32 Å². The Bertz CT molecular complexity index is 396. The molecule has 4 atom stereocenters. The van der Waals surface area contributed by atoms with Gasteiger partial charge in [-0.25, -0.2) is 12.7 Å². The molecule has 0 unspecified atom stereocenters. The van der Waals surface area contributed by atoms with E-state index in [0.29, 0.717) is 25.0 Å². The van der Waals surface area contributed by atoms with Gasteiger partial charge in [-0.15, -0.1) is 0 Å². The number of sulfonamides is 1. The van der Waals surface area contributed by atoms with Crippen molar-refractivity contribution >= 4 is 10.0 Å². The number of rotatable bonds is 4. The Morgan fingerprint density at radius 1 is 1.16 bits per heavy atom. The Labute approximate surface area is 118 Å². The molecule has 0 spiro atoms. The van der Waals surface area contributed by atoms with Crippen LogP contribution in [0.1, 0.15) is 39.5 Å². The molecule has 0 aromatic carbocycles. The second-order valence-corrected chi connectivity index (χ2v) is 8.63. The van der Waals surface area contributed by atoms with Crippen molar-refractivity contribution in [3.05, 3.63) is 0 Å². The molecule has 2 aliphatic rings. The van der Waals surface area contributed by atoms with Crippen LogP contribution in [0.4, 0.5) is 0 Å². The molecule has 2 rings (SSSR count). The second-order valence-electron chi connectivity index (χ2n) is 6.65. The predicted octanol–water partition coefficient (Wildman–Crippen LogP) is 1.68. The molecule has 2 fully saturated rings. The molecule has 0 aromatic heterocycles. The van der Waals surface area contributed by atoms with Gasteiger partial charge in [-0.05, 0) is 50.0 Å². The molecule has 5 heteroatoms. The fourth-order valence-electron chi connectivity index (χ4n) is 3.33. The Balaban J connectivity index is 1.72. The summed E-state index contributed by atoms with van der Waals surface area (Å²) in [5.74, 6) is 2.15. The monoisotopic (exact) mass is 288 g/mol. The van der Waals surface area contributed by atoms with E-state index in [1.54, 1.807) is 4.31 Å². The van der Waals surface area contributed by atoms with Crippen molar-refractivity contribution in [2.45, 2.75) is 45.6 Å². The largest absolute Gasteiger partial charge is 0.314 e. The lowest BCUT2D eigenvalue weighted by atomic mass is 9.79. The zero-order valence-electron chi connectivity index (χ0n) is 12.4. The summed E-state index contributed by atoms with van der Waals surface area (Å²) in [4.78, 5) is 0. The van der Waals surface area contributed by atoms with Gasteiger partial charge in [-0.1, -0.05) is 13.8 Å². The van der Waals surface area contributed by atoms with Crippen LogP contribution in [0.2, 0.25) is 0 Å². The first kappa shape index (κ1) is 15.3. The van der Waals surface area contributed by atoms with Crippen molar-refractivity contribution < 1.29 is 8.42 Å². The summed E-state index contributed by atoms with van der Waals surface area (Å²) in [6, 6.07) is 0.637. The third-order valence-electron chi connectivity index (χ3n) is 5.01. The molecule has 1 saturated carbocycles. The van der Waals surface area contributed by atoms with Crippen LogP contribution in [-0.2, 0) is 10.0 Å². The molecule has 19 heavy (non-hydrogen) atoms. The van der Waals surface area contributed by atoms with Gasteiger partial charge >= 0.3 is 0 Å². The molecular weight excluding hydrogens is 260 g/mol. The molecule has 112 valence electrons.